The monoisotopic (exact) mass is 445 g/mol. The van der Waals surface area contributed by atoms with E-state index in [0.29, 0.717) is 38.3 Å². The predicted molar refractivity (Wildman–Crippen MR) is 122 cm³/mol. The van der Waals surface area contributed by atoms with Gasteiger partial charge in [0.15, 0.2) is 0 Å². The molecule has 0 aliphatic carbocycles. The third-order valence-corrected chi connectivity index (χ3v) is 7.33. The van der Waals surface area contributed by atoms with Crippen molar-refractivity contribution in [1.82, 2.24) is 19.4 Å². The molecule has 0 radical (unpaired) electrons. The second kappa shape index (κ2) is 8.40. The molecule has 0 bridgehead atoms. The molecule has 2 aromatic heterocycles. The number of nitrogens with zero attached hydrogens (tertiary/aromatic N) is 5. The lowest BCUT2D eigenvalue weighted by Gasteiger charge is -2.31. The first-order chi connectivity index (χ1) is 16.2. The van der Waals surface area contributed by atoms with Crippen molar-refractivity contribution in [1.29, 1.82) is 5.26 Å². The molecule has 3 aliphatic heterocycles. The third-order valence-electron chi connectivity index (χ3n) is 7.33. The number of hydrogen-bond donors (Lipinski definition) is 0. The number of pyridine rings is 1. The number of likely N-dealkylation sites (tertiary alicyclic amines) is 1. The summed E-state index contributed by atoms with van der Waals surface area (Å²) in [5.41, 5.74) is 3.30. The molecule has 1 aromatic carbocycles. The number of imidazole rings is 1. The Morgan fingerprint density at radius 1 is 1.06 bits per heavy atom. The van der Waals surface area contributed by atoms with Crippen molar-refractivity contribution in [2.45, 2.75) is 50.1 Å². The number of rotatable bonds is 3. The highest BCUT2D eigenvalue weighted by Gasteiger charge is 2.39. The van der Waals surface area contributed by atoms with Crippen LogP contribution in [-0.2, 0) is 14.3 Å². The van der Waals surface area contributed by atoms with Crippen LogP contribution in [-0.4, -0.2) is 64.4 Å². The molecule has 1 unspecified atom stereocenters. The number of amides is 1. The van der Waals surface area contributed by atoms with Crippen molar-refractivity contribution in [3.8, 4) is 6.07 Å². The van der Waals surface area contributed by atoms with E-state index in [2.05, 4.69) is 15.6 Å². The standard InChI is InChI=1S/C25H27N5O3/c26-12-16-3-4-21-20(10-16)24-22(13-27-21)28-25(30(24)18-5-8-32-9-6-18)17-11-23(31)29(14-17)19-2-1-7-33-15-19/h3-4,10,13,17-19H,1-2,5-9,11,14-15H2/t17?,19-/m1/s1. The number of hydrogen-bond acceptors (Lipinski definition) is 6. The quantitative estimate of drug-likeness (QED) is 0.614. The smallest absolute Gasteiger partial charge is 0.223 e. The van der Waals surface area contributed by atoms with Gasteiger partial charge in [-0.1, -0.05) is 0 Å². The Morgan fingerprint density at radius 2 is 1.94 bits per heavy atom. The molecule has 2 atom stereocenters. The van der Waals surface area contributed by atoms with Crippen LogP contribution < -0.4 is 0 Å². The summed E-state index contributed by atoms with van der Waals surface area (Å²) in [4.78, 5) is 24.7. The summed E-state index contributed by atoms with van der Waals surface area (Å²) in [7, 11) is 0. The van der Waals surface area contributed by atoms with E-state index in [0.717, 1.165) is 60.1 Å². The molecule has 8 heteroatoms. The fraction of sp³-hybridized carbons (Fsp3) is 0.520. The van der Waals surface area contributed by atoms with E-state index in [4.69, 9.17) is 14.5 Å². The van der Waals surface area contributed by atoms with Crippen molar-refractivity contribution in [3.05, 3.63) is 35.8 Å². The maximum Gasteiger partial charge on any atom is 0.223 e. The van der Waals surface area contributed by atoms with Gasteiger partial charge >= 0.3 is 0 Å². The molecule has 1 amide bonds. The van der Waals surface area contributed by atoms with Crippen molar-refractivity contribution >= 4 is 27.8 Å². The number of carbonyl (C=O) groups excluding carboxylic acids is 1. The Labute approximate surface area is 192 Å². The molecule has 170 valence electrons. The van der Waals surface area contributed by atoms with E-state index < -0.39 is 0 Å². The minimum absolute atomic E-state index is 0.0314. The van der Waals surface area contributed by atoms with Gasteiger partial charge in [0.05, 0.1) is 41.5 Å². The molecule has 0 saturated carbocycles. The lowest BCUT2D eigenvalue weighted by molar-refractivity contribution is -0.132. The predicted octanol–water partition coefficient (Wildman–Crippen LogP) is 3.30. The van der Waals surface area contributed by atoms with E-state index in [1.807, 2.05) is 23.2 Å². The maximum absolute atomic E-state index is 13.0. The Hall–Kier alpha value is -3.02. The van der Waals surface area contributed by atoms with Gasteiger partial charge in [0.1, 0.15) is 11.3 Å². The zero-order valence-corrected chi connectivity index (χ0v) is 18.6. The van der Waals surface area contributed by atoms with Crippen molar-refractivity contribution < 1.29 is 14.3 Å². The minimum Gasteiger partial charge on any atom is -0.381 e. The SMILES string of the molecule is N#Cc1ccc2ncc3nc(C4CC(=O)N([C@@H]5CCCOC5)C4)n(C4CCOCC4)c3c2c1. The van der Waals surface area contributed by atoms with Crippen LogP contribution in [0, 0.1) is 11.3 Å². The van der Waals surface area contributed by atoms with Crippen LogP contribution in [0.5, 0.6) is 0 Å². The van der Waals surface area contributed by atoms with Gasteiger partial charge in [-0.3, -0.25) is 9.78 Å². The van der Waals surface area contributed by atoms with Crippen LogP contribution in [0.2, 0.25) is 0 Å². The fourth-order valence-electron chi connectivity index (χ4n) is 5.69. The molecule has 5 heterocycles. The minimum atomic E-state index is 0.0314. The summed E-state index contributed by atoms with van der Waals surface area (Å²) in [6.45, 7) is 3.51. The van der Waals surface area contributed by atoms with Crippen molar-refractivity contribution in [2.75, 3.05) is 33.0 Å². The fourth-order valence-corrected chi connectivity index (χ4v) is 5.69. The summed E-state index contributed by atoms with van der Waals surface area (Å²) >= 11 is 0. The van der Waals surface area contributed by atoms with Crippen molar-refractivity contribution in [2.24, 2.45) is 0 Å². The highest BCUT2D eigenvalue weighted by Crippen LogP contribution is 2.38. The maximum atomic E-state index is 13.0. The average Bonchev–Trinajstić information content (AvgIpc) is 3.45. The van der Waals surface area contributed by atoms with Gasteiger partial charge in [-0.25, -0.2) is 4.98 Å². The summed E-state index contributed by atoms with van der Waals surface area (Å²) in [6.07, 6.45) is 6.10. The largest absolute Gasteiger partial charge is 0.381 e. The Bertz CT molecular complexity index is 1250. The van der Waals surface area contributed by atoms with Gasteiger partial charge in [-0.2, -0.15) is 5.26 Å². The van der Waals surface area contributed by atoms with Gasteiger partial charge in [0, 0.05) is 50.1 Å². The molecule has 6 rings (SSSR count). The van der Waals surface area contributed by atoms with Gasteiger partial charge in [-0.15, -0.1) is 0 Å². The molecule has 0 N–H and O–H groups in total. The molecule has 3 fully saturated rings. The van der Waals surface area contributed by atoms with Gasteiger partial charge in [-0.05, 0) is 43.9 Å². The number of carbonyl (C=O) groups is 1. The number of ether oxygens (including phenoxy) is 2. The molecule has 8 nitrogen and oxygen atoms in total. The molecule has 33 heavy (non-hydrogen) atoms. The van der Waals surface area contributed by atoms with Crippen LogP contribution >= 0.6 is 0 Å². The molecule has 3 saturated heterocycles. The first-order valence-corrected chi connectivity index (χ1v) is 11.9. The highest BCUT2D eigenvalue weighted by atomic mass is 16.5. The molecular formula is C25H27N5O3. The zero-order valence-electron chi connectivity index (χ0n) is 18.6. The zero-order chi connectivity index (χ0) is 22.4. The average molecular weight is 446 g/mol. The lowest BCUT2D eigenvalue weighted by atomic mass is 10.0. The highest BCUT2D eigenvalue weighted by molar-refractivity contribution is 6.03. The summed E-state index contributed by atoms with van der Waals surface area (Å²) in [5.74, 6) is 1.18. The summed E-state index contributed by atoms with van der Waals surface area (Å²) < 4.78 is 13.7. The van der Waals surface area contributed by atoms with E-state index in [9.17, 15) is 10.1 Å². The normalized spacial score (nSPS) is 24.6. The first kappa shape index (κ1) is 20.6. The van der Waals surface area contributed by atoms with E-state index >= 15 is 0 Å². The van der Waals surface area contributed by atoms with Crippen LogP contribution in [0.1, 0.15) is 55.5 Å². The molecular weight excluding hydrogens is 418 g/mol. The topological polar surface area (TPSA) is 93.3 Å². The van der Waals surface area contributed by atoms with Gasteiger partial charge in [0.25, 0.3) is 0 Å². The van der Waals surface area contributed by atoms with Crippen LogP contribution in [0.25, 0.3) is 21.9 Å². The van der Waals surface area contributed by atoms with E-state index in [1.54, 1.807) is 6.07 Å². The van der Waals surface area contributed by atoms with Gasteiger partial charge < -0.3 is 18.9 Å². The Balaban J connectivity index is 1.48. The first-order valence-electron chi connectivity index (χ1n) is 11.9. The van der Waals surface area contributed by atoms with Gasteiger partial charge in [0.2, 0.25) is 5.91 Å². The van der Waals surface area contributed by atoms with Crippen LogP contribution in [0.4, 0.5) is 0 Å². The summed E-state index contributed by atoms with van der Waals surface area (Å²) in [5, 5.41) is 10.4. The van der Waals surface area contributed by atoms with Crippen LogP contribution in [0.3, 0.4) is 0 Å². The molecule has 0 spiro atoms. The van der Waals surface area contributed by atoms with Crippen LogP contribution in [0.15, 0.2) is 24.4 Å². The van der Waals surface area contributed by atoms with Crippen molar-refractivity contribution in [3.63, 3.8) is 0 Å². The number of fused-ring (bicyclic) bond motifs is 3. The lowest BCUT2D eigenvalue weighted by Crippen LogP contribution is -2.42. The number of aromatic nitrogens is 3. The second-order valence-electron chi connectivity index (χ2n) is 9.34. The Morgan fingerprint density at radius 3 is 2.73 bits per heavy atom. The Kier molecular flexibility index (Phi) is 5.24. The summed E-state index contributed by atoms with van der Waals surface area (Å²) in [6, 6.07) is 8.28. The molecule has 3 aromatic rings. The number of benzene rings is 1. The van der Waals surface area contributed by atoms with E-state index in [1.165, 1.54) is 0 Å². The third kappa shape index (κ3) is 3.56. The number of nitriles is 1. The second-order valence-corrected chi connectivity index (χ2v) is 9.34. The van der Waals surface area contributed by atoms with E-state index in [-0.39, 0.29) is 23.9 Å². The molecule has 3 aliphatic rings.